The molecular weight excluding hydrogens is 416 g/mol. The fourth-order valence-corrected chi connectivity index (χ4v) is 4.11. The van der Waals surface area contributed by atoms with Crippen molar-refractivity contribution in [2.24, 2.45) is 0 Å². The molecule has 5 rings (SSSR count). The number of ether oxygens (including phenoxy) is 1. The molecular formula is C26H28N4O3. The van der Waals surface area contributed by atoms with Gasteiger partial charge in [-0.3, -0.25) is 0 Å². The van der Waals surface area contributed by atoms with E-state index in [4.69, 9.17) is 14.1 Å². The molecule has 1 saturated carbocycles. The second-order valence-electron chi connectivity index (χ2n) is 9.66. The van der Waals surface area contributed by atoms with Gasteiger partial charge in [0, 0.05) is 17.6 Å². The van der Waals surface area contributed by atoms with Crippen LogP contribution in [0.3, 0.4) is 0 Å². The minimum atomic E-state index is -0.597. The molecule has 2 aromatic heterocycles. The van der Waals surface area contributed by atoms with Crippen LogP contribution in [-0.4, -0.2) is 22.3 Å². The van der Waals surface area contributed by atoms with E-state index in [0.717, 1.165) is 27.9 Å². The van der Waals surface area contributed by atoms with Crippen molar-refractivity contribution in [3.05, 3.63) is 69.7 Å². The minimum absolute atomic E-state index is 0.103. The van der Waals surface area contributed by atoms with E-state index in [2.05, 4.69) is 48.4 Å². The minimum Gasteiger partial charge on any atom is -0.497 e. The summed E-state index contributed by atoms with van der Waals surface area (Å²) in [7, 11) is 1.66. The van der Waals surface area contributed by atoms with Crippen molar-refractivity contribution in [1.29, 1.82) is 0 Å². The first kappa shape index (κ1) is 21.2. The molecule has 0 unspecified atom stereocenters. The molecule has 0 saturated heterocycles. The van der Waals surface area contributed by atoms with Crippen LogP contribution < -0.4 is 15.8 Å². The molecule has 0 radical (unpaired) electrons. The third-order valence-corrected chi connectivity index (χ3v) is 6.09. The van der Waals surface area contributed by atoms with Gasteiger partial charge in [0.05, 0.1) is 12.6 Å². The molecule has 2 N–H and O–H groups in total. The lowest BCUT2D eigenvalue weighted by molar-refractivity contribution is 0.414. The van der Waals surface area contributed by atoms with Gasteiger partial charge < -0.3 is 14.5 Å². The second-order valence-corrected chi connectivity index (χ2v) is 9.66. The normalized spacial score (nSPS) is 13.9. The van der Waals surface area contributed by atoms with Crippen LogP contribution >= 0.6 is 0 Å². The molecule has 7 heteroatoms. The van der Waals surface area contributed by atoms with Crippen LogP contribution in [0, 0.1) is 0 Å². The van der Waals surface area contributed by atoms with Crippen molar-refractivity contribution in [2.75, 3.05) is 12.4 Å². The van der Waals surface area contributed by atoms with Gasteiger partial charge in [-0.1, -0.05) is 39.0 Å². The Morgan fingerprint density at radius 2 is 1.91 bits per heavy atom. The summed E-state index contributed by atoms with van der Waals surface area (Å²) in [4.78, 5) is 16.5. The predicted molar refractivity (Wildman–Crippen MR) is 129 cm³/mol. The summed E-state index contributed by atoms with van der Waals surface area (Å²) in [5.74, 6) is 1.03. The summed E-state index contributed by atoms with van der Waals surface area (Å²) in [6, 6.07) is 14.5. The van der Waals surface area contributed by atoms with Gasteiger partial charge in [0.1, 0.15) is 11.4 Å². The molecule has 0 atom stereocenters. The fraction of sp³-hybridized carbons (Fsp3) is 0.346. The number of benzene rings is 2. The monoisotopic (exact) mass is 444 g/mol. The zero-order chi connectivity index (χ0) is 23.2. The Kier molecular flexibility index (Phi) is 5.19. The van der Waals surface area contributed by atoms with Crippen molar-refractivity contribution in [3.63, 3.8) is 0 Å². The first-order valence-electron chi connectivity index (χ1n) is 11.2. The molecule has 1 fully saturated rings. The third-order valence-electron chi connectivity index (χ3n) is 6.09. The van der Waals surface area contributed by atoms with Crippen molar-refractivity contribution in [1.82, 2.24) is 15.2 Å². The van der Waals surface area contributed by atoms with Gasteiger partial charge in [0.15, 0.2) is 0 Å². The van der Waals surface area contributed by atoms with E-state index < -0.39 is 5.76 Å². The van der Waals surface area contributed by atoms with Crippen LogP contribution in [-0.2, 0) is 12.0 Å². The Hall–Kier alpha value is -3.61. The maximum atomic E-state index is 11.6. The zero-order valence-electron chi connectivity index (χ0n) is 19.4. The van der Waals surface area contributed by atoms with Crippen LogP contribution in [0.15, 0.2) is 51.7 Å². The van der Waals surface area contributed by atoms with Gasteiger partial charge in [-0.05, 0) is 65.1 Å². The lowest BCUT2D eigenvalue weighted by Crippen LogP contribution is -2.14. The van der Waals surface area contributed by atoms with E-state index in [0.29, 0.717) is 18.2 Å². The largest absolute Gasteiger partial charge is 0.497 e. The van der Waals surface area contributed by atoms with Gasteiger partial charge >= 0.3 is 5.76 Å². The number of hydrogen-bond donors (Lipinski definition) is 2. The van der Waals surface area contributed by atoms with Crippen molar-refractivity contribution >= 4 is 16.6 Å². The highest BCUT2D eigenvalue weighted by Gasteiger charge is 2.28. The van der Waals surface area contributed by atoms with Crippen molar-refractivity contribution in [3.8, 4) is 17.3 Å². The molecule has 1 aliphatic rings. The highest BCUT2D eigenvalue weighted by Crippen LogP contribution is 2.44. The topological polar surface area (TPSA) is 93.0 Å². The first-order chi connectivity index (χ1) is 15.8. The molecule has 0 amide bonds. The van der Waals surface area contributed by atoms with Gasteiger partial charge in [-0.25, -0.2) is 14.9 Å². The number of rotatable bonds is 6. The molecule has 7 nitrogen and oxygen atoms in total. The van der Waals surface area contributed by atoms with Crippen molar-refractivity contribution < 1.29 is 9.15 Å². The predicted octanol–water partition coefficient (Wildman–Crippen LogP) is 5.37. The molecule has 1 aliphatic carbocycles. The summed E-state index contributed by atoms with van der Waals surface area (Å²) in [6.45, 7) is 7.23. The number of pyridine rings is 1. The number of anilines is 1. The lowest BCUT2D eigenvalue weighted by atomic mass is 9.83. The highest BCUT2D eigenvalue weighted by molar-refractivity contribution is 5.96. The second kappa shape index (κ2) is 8.06. The number of aromatic nitrogens is 3. The smallest absolute Gasteiger partial charge is 0.434 e. The molecule has 170 valence electrons. The fourth-order valence-electron chi connectivity index (χ4n) is 4.11. The van der Waals surface area contributed by atoms with Crippen LogP contribution in [0.4, 0.5) is 5.69 Å². The summed E-state index contributed by atoms with van der Waals surface area (Å²) in [5.41, 5.74) is 5.91. The van der Waals surface area contributed by atoms with E-state index in [9.17, 15) is 4.79 Å². The Balaban J connectivity index is 1.65. The summed E-state index contributed by atoms with van der Waals surface area (Å²) < 4.78 is 10.5. The maximum Gasteiger partial charge on any atom is 0.434 e. The number of H-pyrrole nitrogens is 1. The van der Waals surface area contributed by atoms with E-state index in [1.165, 1.54) is 24.0 Å². The maximum absolute atomic E-state index is 11.6. The van der Waals surface area contributed by atoms with Crippen LogP contribution in [0.25, 0.3) is 22.5 Å². The molecule has 0 aliphatic heterocycles. The van der Waals surface area contributed by atoms with Crippen LogP contribution in [0.2, 0.25) is 0 Å². The van der Waals surface area contributed by atoms with Crippen molar-refractivity contribution in [2.45, 2.75) is 51.5 Å². The zero-order valence-corrected chi connectivity index (χ0v) is 19.4. The van der Waals surface area contributed by atoms with Gasteiger partial charge in [-0.15, -0.1) is 5.10 Å². The standard InChI is InChI=1S/C26H28N4O3/c1-26(2,3)20-12-17(16-7-8-16)11-19-21(27-14-15-5-9-18(32-4)10-6-15)13-22(28-23(19)20)24-29-30-25(31)33-24/h5-6,9-13,16H,7-8,14H2,1-4H3,(H,27,28)(H,30,31). The number of methoxy groups -OCH3 is 1. The first-order valence-corrected chi connectivity index (χ1v) is 11.2. The Morgan fingerprint density at radius 1 is 1.15 bits per heavy atom. The van der Waals surface area contributed by atoms with Crippen LogP contribution in [0.1, 0.15) is 56.2 Å². The van der Waals surface area contributed by atoms with E-state index in [1.807, 2.05) is 30.3 Å². The number of nitrogens with zero attached hydrogens (tertiary/aromatic N) is 2. The number of aromatic amines is 1. The number of fused-ring (bicyclic) bond motifs is 1. The third kappa shape index (κ3) is 4.35. The van der Waals surface area contributed by atoms with E-state index >= 15 is 0 Å². The lowest BCUT2D eigenvalue weighted by Gasteiger charge is -2.23. The molecule has 2 heterocycles. The molecule has 0 spiro atoms. The molecule has 2 aromatic carbocycles. The quantitative estimate of drug-likeness (QED) is 0.415. The molecule has 33 heavy (non-hydrogen) atoms. The average molecular weight is 445 g/mol. The van der Waals surface area contributed by atoms with Crippen LogP contribution in [0.5, 0.6) is 5.75 Å². The SMILES string of the molecule is COc1ccc(CNc2cc(-c3n[nH]c(=O)o3)nc3c(C(C)(C)C)cc(C4CC4)cc23)cc1. The number of nitrogens with one attached hydrogen (secondary N) is 2. The van der Waals surface area contributed by atoms with Gasteiger partial charge in [0.25, 0.3) is 5.89 Å². The van der Waals surface area contributed by atoms with E-state index in [-0.39, 0.29) is 11.3 Å². The average Bonchev–Trinajstić information content (AvgIpc) is 3.56. The van der Waals surface area contributed by atoms with Gasteiger partial charge in [-0.2, -0.15) is 0 Å². The summed E-state index contributed by atoms with van der Waals surface area (Å²) in [5, 5.41) is 11.0. The van der Waals surface area contributed by atoms with Gasteiger partial charge in [0.2, 0.25) is 0 Å². The highest BCUT2D eigenvalue weighted by atomic mass is 16.5. The van der Waals surface area contributed by atoms with E-state index in [1.54, 1.807) is 7.11 Å². The molecule has 4 aromatic rings. The Morgan fingerprint density at radius 3 is 2.52 bits per heavy atom. The Labute approximate surface area is 192 Å². The summed E-state index contributed by atoms with van der Waals surface area (Å²) >= 11 is 0. The number of hydrogen-bond acceptors (Lipinski definition) is 6. The Bertz CT molecular complexity index is 1360. The molecule has 0 bridgehead atoms. The summed E-state index contributed by atoms with van der Waals surface area (Å²) in [6.07, 6.45) is 2.46.